The summed E-state index contributed by atoms with van der Waals surface area (Å²) >= 11 is 1.25. The molecule has 5 nitrogen and oxygen atoms in total. The van der Waals surface area contributed by atoms with Gasteiger partial charge in [-0.3, -0.25) is 9.59 Å². The van der Waals surface area contributed by atoms with Crippen LogP contribution in [0.25, 0.3) is 0 Å². The van der Waals surface area contributed by atoms with Crippen LogP contribution in [0.1, 0.15) is 30.6 Å². The first-order valence-corrected chi connectivity index (χ1v) is 6.29. The van der Waals surface area contributed by atoms with Crippen molar-refractivity contribution in [2.75, 3.05) is 5.32 Å². The van der Waals surface area contributed by atoms with Gasteiger partial charge in [0.2, 0.25) is 5.91 Å². The highest BCUT2D eigenvalue weighted by Crippen LogP contribution is 2.23. The Morgan fingerprint density at radius 1 is 1.53 bits per heavy atom. The Balaban J connectivity index is 2.74. The van der Waals surface area contributed by atoms with Crippen LogP contribution < -0.4 is 16.8 Å². The monoisotopic (exact) mass is 255 g/mol. The summed E-state index contributed by atoms with van der Waals surface area (Å²) in [5.74, 6) is -0.755. The standard InChI is InChI=1S/C11H17N3O2S/c1-3-6(2)8(12)10(16)14-11-7(9(13)15)4-5-17-11/h4-6,8H,3,12H2,1-2H3,(H2,13,15)(H,14,16)/t6-,8-/m0/s1. The number of amides is 2. The van der Waals surface area contributed by atoms with E-state index in [0.717, 1.165) is 6.42 Å². The van der Waals surface area contributed by atoms with Gasteiger partial charge in [0.05, 0.1) is 11.6 Å². The van der Waals surface area contributed by atoms with Crippen molar-refractivity contribution in [2.24, 2.45) is 17.4 Å². The predicted octanol–water partition coefficient (Wildman–Crippen LogP) is 1.16. The fourth-order valence-corrected chi connectivity index (χ4v) is 2.10. The van der Waals surface area contributed by atoms with Crippen molar-refractivity contribution < 1.29 is 9.59 Å². The number of hydrogen-bond donors (Lipinski definition) is 3. The Morgan fingerprint density at radius 3 is 2.71 bits per heavy atom. The van der Waals surface area contributed by atoms with Gasteiger partial charge in [-0.2, -0.15) is 0 Å². The summed E-state index contributed by atoms with van der Waals surface area (Å²) in [7, 11) is 0. The van der Waals surface area contributed by atoms with E-state index in [0.29, 0.717) is 10.6 Å². The largest absolute Gasteiger partial charge is 0.366 e. The Labute approximate surface area is 104 Å². The number of anilines is 1. The molecule has 0 aliphatic rings. The SMILES string of the molecule is CC[C@H](C)[C@H](N)C(=O)Nc1sccc1C(N)=O. The van der Waals surface area contributed by atoms with Crippen molar-refractivity contribution in [1.82, 2.24) is 0 Å². The molecule has 6 heteroatoms. The lowest BCUT2D eigenvalue weighted by Crippen LogP contribution is -2.40. The van der Waals surface area contributed by atoms with Crippen LogP contribution in [0.5, 0.6) is 0 Å². The molecular formula is C11H17N3O2S. The first-order chi connectivity index (χ1) is 7.97. The summed E-state index contributed by atoms with van der Waals surface area (Å²) in [6.45, 7) is 3.88. The molecular weight excluding hydrogens is 238 g/mol. The maximum absolute atomic E-state index is 11.8. The molecule has 0 aliphatic carbocycles. The third kappa shape index (κ3) is 3.28. The van der Waals surface area contributed by atoms with E-state index in [1.165, 1.54) is 11.3 Å². The highest BCUT2D eigenvalue weighted by atomic mass is 32.1. The van der Waals surface area contributed by atoms with Crippen LogP contribution >= 0.6 is 11.3 Å². The summed E-state index contributed by atoms with van der Waals surface area (Å²) in [5, 5.41) is 4.80. The van der Waals surface area contributed by atoms with E-state index in [1.54, 1.807) is 11.4 Å². The highest BCUT2D eigenvalue weighted by molar-refractivity contribution is 7.14. The lowest BCUT2D eigenvalue weighted by atomic mass is 9.99. The molecule has 94 valence electrons. The number of rotatable bonds is 5. The van der Waals surface area contributed by atoms with Gasteiger partial charge in [-0.1, -0.05) is 20.3 Å². The minimum absolute atomic E-state index is 0.0898. The van der Waals surface area contributed by atoms with Crippen molar-refractivity contribution in [1.29, 1.82) is 0 Å². The molecule has 0 fully saturated rings. The number of nitrogens with two attached hydrogens (primary N) is 2. The molecule has 0 saturated carbocycles. The normalized spacial score (nSPS) is 14.1. The van der Waals surface area contributed by atoms with Crippen molar-refractivity contribution >= 4 is 28.2 Å². The van der Waals surface area contributed by atoms with E-state index >= 15 is 0 Å². The summed E-state index contributed by atoms with van der Waals surface area (Å²) < 4.78 is 0. The van der Waals surface area contributed by atoms with Gasteiger partial charge in [-0.05, 0) is 17.4 Å². The van der Waals surface area contributed by atoms with E-state index in [9.17, 15) is 9.59 Å². The first kappa shape index (κ1) is 13.7. The minimum atomic E-state index is -0.581. The van der Waals surface area contributed by atoms with Crippen molar-refractivity contribution in [2.45, 2.75) is 26.3 Å². The molecule has 0 aromatic carbocycles. The van der Waals surface area contributed by atoms with E-state index < -0.39 is 11.9 Å². The zero-order valence-electron chi connectivity index (χ0n) is 9.90. The van der Waals surface area contributed by atoms with E-state index in [4.69, 9.17) is 11.5 Å². The van der Waals surface area contributed by atoms with Crippen LogP contribution in [0.4, 0.5) is 5.00 Å². The molecule has 0 unspecified atom stereocenters. The quantitative estimate of drug-likeness (QED) is 0.736. The molecule has 1 aromatic heterocycles. The number of carbonyl (C=O) groups excluding carboxylic acids is 2. The Hall–Kier alpha value is -1.40. The maximum atomic E-state index is 11.8. The molecule has 1 aromatic rings. The Morgan fingerprint density at radius 2 is 2.18 bits per heavy atom. The minimum Gasteiger partial charge on any atom is -0.366 e. The van der Waals surface area contributed by atoms with Crippen LogP contribution in [-0.2, 0) is 4.79 Å². The molecule has 2 atom stereocenters. The Bertz CT molecular complexity index is 417. The van der Waals surface area contributed by atoms with Crippen LogP contribution in [0.15, 0.2) is 11.4 Å². The zero-order chi connectivity index (χ0) is 13.0. The lowest BCUT2D eigenvalue weighted by molar-refractivity contribution is -0.118. The number of thiophene rings is 1. The fraction of sp³-hybridized carbons (Fsp3) is 0.455. The fourth-order valence-electron chi connectivity index (χ4n) is 1.31. The molecule has 0 radical (unpaired) electrons. The second kappa shape index (κ2) is 5.79. The smallest absolute Gasteiger partial charge is 0.251 e. The molecule has 1 heterocycles. The molecule has 2 amide bonds. The van der Waals surface area contributed by atoms with Crippen molar-refractivity contribution in [3.8, 4) is 0 Å². The van der Waals surface area contributed by atoms with Crippen molar-refractivity contribution in [3.05, 3.63) is 17.0 Å². The van der Waals surface area contributed by atoms with Gasteiger partial charge in [-0.15, -0.1) is 11.3 Å². The summed E-state index contributed by atoms with van der Waals surface area (Å²) in [5.41, 5.74) is 11.3. The van der Waals surface area contributed by atoms with Gasteiger partial charge in [-0.25, -0.2) is 0 Å². The third-order valence-electron chi connectivity index (χ3n) is 2.73. The average molecular weight is 255 g/mol. The van der Waals surface area contributed by atoms with Gasteiger partial charge >= 0.3 is 0 Å². The van der Waals surface area contributed by atoms with Crippen LogP contribution in [0.3, 0.4) is 0 Å². The zero-order valence-corrected chi connectivity index (χ0v) is 10.7. The molecule has 1 rings (SSSR count). The van der Waals surface area contributed by atoms with E-state index in [1.807, 2.05) is 13.8 Å². The Kier molecular flexibility index (Phi) is 4.65. The van der Waals surface area contributed by atoms with Gasteiger partial charge < -0.3 is 16.8 Å². The average Bonchev–Trinajstić information content (AvgIpc) is 2.75. The van der Waals surface area contributed by atoms with E-state index in [2.05, 4.69) is 5.32 Å². The summed E-state index contributed by atoms with van der Waals surface area (Å²) in [4.78, 5) is 22.9. The molecule has 17 heavy (non-hydrogen) atoms. The molecule has 0 aliphatic heterocycles. The topological polar surface area (TPSA) is 98.2 Å². The molecule has 0 bridgehead atoms. The second-order valence-electron chi connectivity index (χ2n) is 3.93. The second-order valence-corrected chi connectivity index (χ2v) is 4.84. The number of nitrogens with one attached hydrogen (secondary N) is 1. The number of primary amides is 1. The highest BCUT2D eigenvalue weighted by Gasteiger charge is 2.21. The predicted molar refractivity (Wildman–Crippen MR) is 68.9 cm³/mol. The number of carbonyl (C=O) groups is 2. The summed E-state index contributed by atoms with van der Waals surface area (Å²) in [6, 6.07) is 1.00. The molecule has 5 N–H and O–H groups in total. The molecule has 0 saturated heterocycles. The number of hydrogen-bond acceptors (Lipinski definition) is 4. The van der Waals surface area contributed by atoms with Crippen LogP contribution in [-0.4, -0.2) is 17.9 Å². The summed E-state index contributed by atoms with van der Waals surface area (Å²) in [6.07, 6.45) is 0.821. The van der Waals surface area contributed by atoms with Crippen molar-refractivity contribution in [3.63, 3.8) is 0 Å². The van der Waals surface area contributed by atoms with Crippen LogP contribution in [0, 0.1) is 5.92 Å². The van der Waals surface area contributed by atoms with Crippen LogP contribution in [0.2, 0.25) is 0 Å². The first-order valence-electron chi connectivity index (χ1n) is 5.41. The van der Waals surface area contributed by atoms with Gasteiger partial charge in [0, 0.05) is 0 Å². The van der Waals surface area contributed by atoms with Gasteiger partial charge in [0.15, 0.2) is 0 Å². The molecule has 0 spiro atoms. The maximum Gasteiger partial charge on any atom is 0.251 e. The van der Waals surface area contributed by atoms with Gasteiger partial charge in [0.25, 0.3) is 5.91 Å². The lowest BCUT2D eigenvalue weighted by Gasteiger charge is -2.17. The van der Waals surface area contributed by atoms with E-state index in [-0.39, 0.29) is 11.8 Å². The van der Waals surface area contributed by atoms with Gasteiger partial charge in [0.1, 0.15) is 5.00 Å². The third-order valence-corrected chi connectivity index (χ3v) is 3.56.